The molecule has 1 heterocycles. The molecule has 0 aromatic heterocycles. The molecule has 3 rings (SSSR count). The average molecular weight is 510 g/mol. The topological polar surface area (TPSA) is 100 Å². The molecule has 180 valence electrons. The van der Waals surface area contributed by atoms with Gasteiger partial charge in [0.15, 0.2) is 0 Å². The van der Waals surface area contributed by atoms with E-state index in [1.807, 2.05) is 0 Å². The van der Waals surface area contributed by atoms with Crippen molar-refractivity contribution >= 4 is 40.9 Å². The molecule has 1 aliphatic rings. The van der Waals surface area contributed by atoms with Crippen LogP contribution in [0.3, 0.4) is 0 Å². The van der Waals surface area contributed by atoms with Gasteiger partial charge in [0.25, 0.3) is 0 Å². The van der Waals surface area contributed by atoms with Gasteiger partial charge in [0, 0.05) is 16.4 Å². The molecule has 0 aliphatic carbocycles. The highest BCUT2D eigenvalue weighted by atomic mass is 35.5. The van der Waals surface area contributed by atoms with Gasteiger partial charge in [-0.05, 0) is 42.8 Å². The lowest BCUT2D eigenvalue weighted by Crippen LogP contribution is -2.29. The summed E-state index contributed by atoms with van der Waals surface area (Å²) in [5.74, 6) is -0.853. The molecule has 0 bridgehead atoms. The summed E-state index contributed by atoms with van der Waals surface area (Å²) in [6.45, 7) is 5.33. The van der Waals surface area contributed by atoms with Crippen molar-refractivity contribution in [2.75, 3.05) is 24.8 Å². The van der Waals surface area contributed by atoms with Crippen molar-refractivity contribution < 1.29 is 19.1 Å². The Morgan fingerprint density at radius 2 is 1.97 bits per heavy atom. The number of halogens is 1. The fourth-order valence-corrected chi connectivity index (χ4v) is 4.68. The van der Waals surface area contributed by atoms with Crippen LogP contribution < -0.4 is 15.4 Å². The number of hydrogen-bond acceptors (Lipinski definition) is 7. The van der Waals surface area contributed by atoms with Crippen LogP contribution in [0, 0.1) is 11.3 Å². The number of nitriles is 1. The number of methoxy groups -OCH3 is 1. The van der Waals surface area contributed by atoms with E-state index < -0.39 is 11.9 Å². The van der Waals surface area contributed by atoms with E-state index in [0.29, 0.717) is 32.7 Å². The summed E-state index contributed by atoms with van der Waals surface area (Å²) < 4.78 is 10.4. The largest absolute Gasteiger partial charge is 0.497 e. The maximum atomic E-state index is 12.9. The van der Waals surface area contributed by atoms with Gasteiger partial charge in [-0.15, -0.1) is 0 Å². The highest BCUT2D eigenvalue weighted by Gasteiger charge is 2.36. The number of thioether (sulfide) groups is 1. The Balaban J connectivity index is 1.88. The lowest BCUT2D eigenvalue weighted by atomic mass is 9.82. The van der Waals surface area contributed by atoms with Crippen LogP contribution in [0.1, 0.15) is 18.4 Å². The molecular formula is C26H24ClN3O4S. The Bertz CT molecular complexity index is 1230. The summed E-state index contributed by atoms with van der Waals surface area (Å²) in [5, 5.41) is 16.9. The number of nitrogens with zero attached hydrogens (tertiary/aromatic N) is 1. The highest BCUT2D eigenvalue weighted by molar-refractivity contribution is 8.03. The van der Waals surface area contributed by atoms with E-state index in [-0.39, 0.29) is 29.4 Å². The van der Waals surface area contributed by atoms with E-state index >= 15 is 0 Å². The van der Waals surface area contributed by atoms with Crippen molar-refractivity contribution in [2.45, 2.75) is 12.8 Å². The molecule has 0 fully saturated rings. The van der Waals surface area contributed by atoms with Gasteiger partial charge < -0.3 is 20.1 Å². The summed E-state index contributed by atoms with van der Waals surface area (Å²) >= 11 is 7.63. The first-order valence-corrected chi connectivity index (χ1v) is 12.0. The fourth-order valence-electron chi connectivity index (χ4n) is 3.54. The van der Waals surface area contributed by atoms with E-state index in [4.69, 9.17) is 21.1 Å². The van der Waals surface area contributed by atoms with Crippen LogP contribution in [0.25, 0.3) is 0 Å². The Hall–Kier alpha value is -3.67. The van der Waals surface area contributed by atoms with Crippen molar-refractivity contribution in [2.24, 2.45) is 0 Å². The maximum Gasteiger partial charge on any atom is 0.337 e. The minimum atomic E-state index is -0.751. The quantitative estimate of drug-likeness (QED) is 0.356. The number of ether oxygens (including phenoxy) is 2. The molecular weight excluding hydrogens is 486 g/mol. The van der Waals surface area contributed by atoms with Crippen LogP contribution in [-0.4, -0.2) is 31.3 Å². The van der Waals surface area contributed by atoms with Gasteiger partial charge in [-0.1, -0.05) is 54.2 Å². The molecule has 0 saturated carbocycles. The lowest BCUT2D eigenvalue weighted by Gasteiger charge is -2.29. The highest BCUT2D eigenvalue weighted by Crippen LogP contribution is 2.43. The van der Waals surface area contributed by atoms with E-state index in [2.05, 4.69) is 23.3 Å². The van der Waals surface area contributed by atoms with Crippen molar-refractivity contribution in [3.05, 3.63) is 93.6 Å². The van der Waals surface area contributed by atoms with E-state index in [9.17, 15) is 14.9 Å². The number of amides is 1. The Labute approximate surface area is 213 Å². The standard InChI is InChI=1S/C26H24ClN3O4S/c1-4-13-34-26(32)23-16(2)29-25(20(14-28)24(23)19-7-5-6-8-21(19)27)35-15-22(31)30-17-9-11-18(33-3)12-10-17/h4-12,24,29H,1,13,15H2,2-3H3,(H,30,31)/t24-/m0/s1. The zero-order chi connectivity index (χ0) is 25.4. The first kappa shape index (κ1) is 25.9. The van der Waals surface area contributed by atoms with Crippen LogP contribution in [0.15, 0.2) is 83.1 Å². The molecule has 7 nitrogen and oxygen atoms in total. The molecule has 2 aromatic rings. The van der Waals surface area contributed by atoms with Gasteiger partial charge >= 0.3 is 5.97 Å². The number of allylic oxidation sites excluding steroid dienone is 2. The van der Waals surface area contributed by atoms with Crippen molar-refractivity contribution in [3.8, 4) is 11.8 Å². The number of esters is 1. The summed E-state index contributed by atoms with van der Waals surface area (Å²) in [4.78, 5) is 25.5. The SMILES string of the molecule is C=CCOC(=O)C1=C(C)NC(SCC(=O)Nc2ccc(OC)cc2)=C(C#N)[C@@H]1c1ccccc1Cl. The number of dihydropyridines is 1. The summed E-state index contributed by atoms with van der Waals surface area (Å²) in [7, 11) is 1.57. The Morgan fingerprint density at radius 3 is 2.60 bits per heavy atom. The van der Waals surface area contributed by atoms with Crippen LogP contribution in [0.2, 0.25) is 5.02 Å². The van der Waals surface area contributed by atoms with Crippen molar-refractivity contribution in [3.63, 3.8) is 0 Å². The molecule has 9 heteroatoms. The molecule has 0 saturated heterocycles. The Kier molecular flexibility index (Phi) is 9.01. The monoisotopic (exact) mass is 509 g/mol. The van der Waals surface area contributed by atoms with Crippen molar-refractivity contribution in [1.82, 2.24) is 5.32 Å². The molecule has 0 radical (unpaired) electrons. The van der Waals surface area contributed by atoms with Gasteiger partial charge in [0.05, 0.1) is 41.0 Å². The first-order chi connectivity index (χ1) is 16.9. The van der Waals surface area contributed by atoms with Gasteiger partial charge in [0.1, 0.15) is 12.4 Å². The van der Waals surface area contributed by atoms with Gasteiger partial charge in [-0.2, -0.15) is 5.26 Å². The number of rotatable bonds is 9. The smallest absolute Gasteiger partial charge is 0.337 e. The zero-order valence-corrected chi connectivity index (χ0v) is 20.8. The number of hydrogen-bond donors (Lipinski definition) is 2. The van der Waals surface area contributed by atoms with E-state index in [0.717, 1.165) is 0 Å². The normalized spacial score (nSPS) is 15.1. The molecule has 1 amide bonds. The van der Waals surface area contributed by atoms with E-state index in [1.165, 1.54) is 17.8 Å². The first-order valence-electron chi connectivity index (χ1n) is 10.6. The third-order valence-corrected chi connectivity index (χ3v) is 6.50. The summed E-state index contributed by atoms with van der Waals surface area (Å²) in [5.41, 5.74) is 2.29. The average Bonchev–Trinajstić information content (AvgIpc) is 2.86. The molecule has 2 N–H and O–H groups in total. The van der Waals surface area contributed by atoms with E-state index in [1.54, 1.807) is 62.6 Å². The van der Waals surface area contributed by atoms with Crippen LogP contribution in [-0.2, 0) is 14.3 Å². The van der Waals surface area contributed by atoms with Gasteiger partial charge in [0.2, 0.25) is 5.91 Å². The van der Waals surface area contributed by atoms with Crippen LogP contribution >= 0.6 is 23.4 Å². The second-order valence-electron chi connectivity index (χ2n) is 7.43. The van der Waals surface area contributed by atoms with Crippen molar-refractivity contribution in [1.29, 1.82) is 5.26 Å². The predicted molar refractivity (Wildman–Crippen MR) is 138 cm³/mol. The maximum absolute atomic E-state index is 12.9. The number of benzene rings is 2. The third kappa shape index (κ3) is 6.27. The lowest BCUT2D eigenvalue weighted by molar-refractivity contribution is -0.138. The minimum Gasteiger partial charge on any atom is -0.497 e. The summed E-state index contributed by atoms with van der Waals surface area (Å²) in [6.07, 6.45) is 1.47. The Morgan fingerprint density at radius 1 is 1.26 bits per heavy atom. The third-order valence-electron chi connectivity index (χ3n) is 5.14. The molecule has 0 unspecified atom stereocenters. The van der Waals surface area contributed by atoms with Crippen LogP contribution in [0.5, 0.6) is 5.75 Å². The summed E-state index contributed by atoms with van der Waals surface area (Å²) in [6, 6.07) is 16.2. The van der Waals surface area contributed by atoms with Gasteiger partial charge in [-0.3, -0.25) is 4.79 Å². The molecule has 1 atom stereocenters. The van der Waals surface area contributed by atoms with Gasteiger partial charge in [-0.25, -0.2) is 4.79 Å². The number of carbonyl (C=O) groups excluding carboxylic acids is 2. The molecule has 1 aliphatic heterocycles. The van der Waals surface area contributed by atoms with Crippen LogP contribution in [0.4, 0.5) is 5.69 Å². The number of anilines is 1. The predicted octanol–water partition coefficient (Wildman–Crippen LogP) is 5.15. The fraction of sp³-hybridized carbons (Fsp3) is 0.192. The second kappa shape index (κ2) is 12.2. The number of carbonyl (C=O) groups is 2. The molecule has 35 heavy (non-hydrogen) atoms. The molecule has 2 aromatic carbocycles. The molecule has 0 spiro atoms. The minimum absolute atomic E-state index is 0.0313. The number of nitrogens with one attached hydrogen (secondary N) is 2. The second-order valence-corrected chi connectivity index (χ2v) is 8.82. The zero-order valence-electron chi connectivity index (χ0n) is 19.3.